The van der Waals surface area contributed by atoms with E-state index in [4.69, 9.17) is 5.73 Å². The maximum Gasteiger partial charge on any atom is 0.249 e. The second-order valence-corrected chi connectivity index (χ2v) is 2.70. The number of hydrogen-bond acceptors (Lipinski definition) is 5. The highest BCUT2D eigenvalue weighted by atomic mass is 16.2. The number of aromatic amines is 1. The lowest BCUT2D eigenvalue weighted by Gasteiger charge is -2.40. The van der Waals surface area contributed by atoms with E-state index >= 15 is 0 Å². The fraction of sp³-hybridized carbons (Fsp3) is 0.600. The van der Waals surface area contributed by atoms with Gasteiger partial charge in [-0.1, -0.05) is 5.10 Å². The van der Waals surface area contributed by atoms with E-state index in [1.54, 1.807) is 0 Å². The van der Waals surface area contributed by atoms with Crippen molar-refractivity contribution in [2.75, 3.05) is 4.90 Å². The summed E-state index contributed by atoms with van der Waals surface area (Å²) in [6.45, 7) is 1.84. The molecule has 0 bridgehead atoms. The molecule has 1 saturated heterocycles. The molecule has 3 N–H and O–H groups in total. The van der Waals surface area contributed by atoms with Crippen LogP contribution in [0, 0.1) is 0 Å². The standard InChI is InChI=1S/C5H8N6O/c1-2-3(6)4(12)11(2)5-7-9-10-8-5/h2-3H,6H2,1H3,(H,7,8,9,10). The van der Waals surface area contributed by atoms with Crippen LogP contribution in [0.25, 0.3) is 0 Å². The van der Waals surface area contributed by atoms with Crippen LogP contribution < -0.4 is 10.6 Å². The monoisotopic (exact) mass is 168 g/mol. The number of rotatable bonds is 1. The zero-order valence-electron chi connectivity index (χ0n) is 6.43. The Morgan fingerprint density at radius 1 is 1.67 bits per heavy atom. The lowest BCUT2D eigenvalue weighted by Crippen LogP contribution is -2.68. The van der Waals surface area contributed by atoms with Gasteiger partial charge in [0.15, 0.2) is 0 Å². The molecule has 2 rings (SSSR count). The fourth-order valence-corrected chi connectivity index (χ4v) is 1.20. The van der Waals surface area contributed by atoms with Crippen LogP contribution in [-0.4, -0.2) is 38.6 Å². The van der Waals surface area contributed by atoms with Gasteiger partial charge in [0.05, 0.1) is 6.04 Å². The molecular formula is C5H8N6O. The highest BCUT2D eigenvalue weighted by Crippen LogP contribution is 2.21. The first kappa shape index (κ1) is 7.17. The first-order valence-corrected chi connectivity index (χ1v) is 3.54. The van der Waals surface area contributed by atoms with Gasteiger partial charge in [0.1, 0.15) is 6.04 Å². The summed E-state index contributed by atoms with van der Waals surface area (Å²) in [6, 6.07) is -0.456. The molecule has 2 atom stereocenters. The molecule has 0 radical (unpaired) electrons. The molecule has 64 valence electrons. The van der Waals surface area contributed by atoms with Crippen molar-refractivity contribution in [1.29, 1.82) is 0 Å². The first-order chi connectivity index (χ1) is 5.72. The SMILES string of the molecule is CC1C(N)C(=O)N1c1nnn[nH]1. The normalized spacial score (nSPS) is 28.8. The number of nitrogens with two attached hydrogens (primary N) is 1. The molecule has 1 aliphatic rings. The average molecular weight is 168 g/mol. The highest BCUT2D eigenvalue weighted by molar-refractivity contribution is 6.03. The molecule has 2 unspecified atom stereocenters. The van der Waals surface area contributed by atoms with Crippen molar-refractivity contribution in [3.63, 3.8) is 0 Å². The van der Waals surface area contributed by atoms with Crippen molar-refractivity contribution in [3.05, 3.63) is 0 Å². The fourth-order valence-electron chi connectivity index (χ4n) is 1.20. The molecule has 1 aromatic rings. The summed E-state index contributed by atoms with van der Waals surface area (Å²) in [5.41, 5.74) is 5.49. The minimum absolute atomic E-state index is 0.0350. The Bertz CT molecular complexity index is 295. The molecule has 1 fully saturated rings. The molecule has 7 nitrogen and oxygen atoms in total. The van der Waals surface area contributed by atoms with Gasteiger partial charge in [-0.25, -0.2) is 5.10 Å². The van der Waals surface area contributed by atoms with E-state index in [0.717, 1.165) is 0 Å². The topological polar surface area (TPSA) is 101 Å². The highest BCUT2D eigenvalue weighted by Gasteiger charge is 2.44. The summed E-state index contributed by atoms with van der Waals surface area (Å²) in [4.78, 5) is 12.6. The lowest BCUT2D eigenvalue weighted by atomic mass is 9.99. The number of nitrogens with one attached hydrogen (secondary N) is 1. The average Bonchev–Trinajstić information content (AvgIpc) is 2.57. The summed E-state index contributed by atoms with van der Waals surface area (Å²) < 4.78 is 0. The minimum atomic E-state index is -0.421. The maximum absolute atomic E-state index is 11.2. The summed E-state index contributed by atoms with van der Waals surface area (Å²) in [7, 11) is 0. The minimum Gasteiger partial charge on any atom is -0.318 e. The molecular weight excluding hydrogens is 160 g/mol. The largest absolute Gasteiger partial charge is 0.318 e. The lowest BCUT2D eigenvalue weighted by molar-refractivity contribution is -0.125. The third-order valence-corrected chi connectivity index (χ3v) is 2.01. The van der Waals surface area contributed by atoms with Gasteiger partial charge < -0.3 is 5.73 Å². The van der Waals surface area contributed by atoms with Gasteiger partial charge in [-0.3, -0.25) is 9.69 Å². The third kappa shape index (κ3) is 0.735. The second-order valence-electron chi connectivity index (χ2n) is 2.70. The maximum atomic E-state index is 11.2. The zero-order valence-corrected chi connectivity index (χ0v) is 6.43. The second kappa shape index (κ2) is 2.24. The molecule has 0 aromatic carbocycles. The van der Waals surface area contributed by atoms with Gasteiger partial charge in [0.2, 0.25) is 11.9 Å². The van der Waals surface area contributed by atoms with Crippen LogP contribution in [0.15, 0.2) is 0 Å². The summed E-state index contributed by atoms with van der Waals surface area (Å²) in [6.07, 6.45) is 0. The van der Waals surface area contributed by atoms with Crippen molar-refractivity contribution in [2.45, 2.75) is 19.0 Å². The summed E-state index contributed by atoms with van der Waals surface area (Å²) >= 11 is 0. The van der Waals surface area contributed by atoms with Crippen molar-refractivity contribution in [2.24, 2.45) is 5.73 Å². The van der Waals surface area contributed by atoms with E-state index in [1.165, 1.54) is 4.90 Å². The van der Waals surface area contributed by atoms with Crippen LogP contribution in [0.4, 0.5) is 5.95 Å². The molecule has 1 aromatic heterocycles. The van der Waals surface area contributed by atoms with Crippen LogP contribution in [0.2, 0.25) is 0 Å². The zero-order chi connectivity index (χ0) is 8.72. The number of amides is 1. The van der Waals surface area contributed by atoms with Gasteiger partial charge in [-0.05, 0) is 17.4 Å². The van der Waals surface area contributed by atoms with Gasteiger partial charge in [-0.15, -0.1) is 0 Å². The Hall–Kier alpha value is -1.50. The third-order valence-electron chi connectivity index (χ3n) is 2.01. The van der Waals surface area contributed by atoms with Crippen LogP contribution in [0.3, 0.4) is 0 Å². The van der Waals surface area contributed by atoms with Gasteiger partial charge in [0, 0.05) is 0 Å². The van der Waals surface area contributed by atoms with E-state index in [9.17, 15) is 4.79 Å². The molecule has 2 heterocycles. The molecule has 0 saturated carbocycles. The Labute approximate surface area is 67.9 Å². The smallest absolute Gasteiger partial charge is 0.249 e. The van der Waals surface area contributed by atoms with E-state index in [-0.39, 0.29) is 11.9 Å². The molecule has 7 heteroatoms. The van der Waals surface area contributed by atoms with E-state index in [2.05, 4.69) is 20.6 Å². The van der Waals surface area contributed by atoms with Gasteiger partial charge in [0.25, 0.3) is 0 Å². The Balaban J connectivity index is 2.23. The van der Waals surface area contributed by atoms with Crippen LogP contribution in [0.5, 0.6) is 0 Å². The number of anilines is 1. The van der Waals surface area contributed by atoms with Gasteiger partial charge in [-0.2, -0.15) is 0 Å². The van der Waals surface area contributed by atoms with Crippen molar-refractivity contribution in [3.8, 4) is 0 Å². The Kier molecular flexibility index (Phi) is 1.34. The van der Waals surface area contributed by atoms with Crippen molar-refractivity contribution >= 4 is 11.9 Å². The van der Waals surface area contributed by atoms with Gasteiger partial charge >= 0.3 is 0 Å². The molecule has 1 aliphatic heterocycles. The quantitative estimate of drug-likeness (QED) is 0.485. The Morgan fingerprint density at radius 3 is 2.92 bits per heavy atom. The number of nitrogens with zero attached hydrogens (tertiary/aromatic N) is 4. The summed E-state index contributed by atoms with van der Waals surface area (Å²) in [5, 5.41) is 12.8. The number of H-pyrrole nitrogens is 1. The first-order valence-electron chi connectivity index (χ1n) is 3.54. The van der Waals surface area contributed by atoms with Crippen molar-refractivity contribution in [1.82, 2.24) is 20.6 Å². The van der Waals surface area contributed by atoms with E-state index in [0.29, 0.717) is 5.95 Å². The molecule has 0 spiro atoms. The molecule has 12 heavy (non-hydrogen) atoms. The van der Waals surface area contributed by atoms with Crippen LogP contribution in [0.1, 0.15) is 6.92 Å². The summed E-state index contributed by atoms with van der Waals surface area (Å²) in [5.74, 6) is 0.204. The number of carbonyl (C=O) groups excluding carboxylic acids is 1. The number of β-lactam (4-membered cyclic amide) rings is 1. The number of aromatic nitrogens is 4. The van der Waals surface area contributed by atoms with E-state index < -0.39 is 6.04 Å². The predicted octanol–water partition coefficient (Wildman–Crippen LogP) is -1.74. The predicted molar refractivity (Wildman–Crippen MR) is 39.1 cm³/mol. The van der Waals surface area contributed by atoms with Crippen molar-refractivity contribution < 1.29 is 4.79 Å². The number of hydrogen-bond donors (Lipinski definition) is 2. The van der Waals surface area contributed by atoms with Crippen LogP contribution >= 0.6 is 0 Å². The van der Waals surface area contributed by atoms with E-state index in [1.807, 2.05) is 6.92 Å². The Morgan fingerprint density at radius 2 is 2.42 bits per heavy atom. The molecule has 0 aliphatic carbocycles. The number of tetrazole rings is 1. The number of carbonyl (C=O) groups is 1. The van der Waals surface area contributed by atoms with Crippen LogP contribution in [-0.2, 0) is 4.79 Å². The molecule has 1 amide bonds.